The van der Waals surface area contributed by atoms with E-state index in [1.807, 2.05) is 32.0 Å². The van der Waals surface area contributed by atoms with E-state index in [4.69, 9.17) is 0 Å². The van der Waals surface area contributed by atoms with Gasteiger partial charge in [-0.2, -0.15) is 0 Å². The lowest BCUT2D eigenvalue weighted by molar-refractivity contribution is -0.140. The van der Waals surface area contributed by atoms with Gasteiger partial charge in [0.25, 0.3) is 0 Å². The summed E-state index contributed by atoms with van der Waals surface area (Å²) < 4.78 is 29.8. The number of nitrogens with zero attached hydrogens (tertiary/aromatic N) is 1. The molecular formula is C14H21NO4S. The molecule has 0 aliphatic rings. The summed E-state index contributed by atoms with van der Waals surface area (Å²) in [5, 5.41) is 0. The van der Waals surface area contributed by atoms with Crippen LogP contribution in [0.15, 0.2) is 18.2 Å². The third-order valence-electron chi connectivity index (χ3n) is 3.00. The number of hydrogen-bond acceptors (Lipinski definition) is 4. The summed E-state index contributed by atoms with van der Waals surface area (Å²) in [7, 11) is -2.06. The van der Waals surface area contributed by atoms with Gasteiger partial charge in [0.1, 0.15) is 0 Å². The summed E-state index contributed by atoms with van der Waals surface area (Å²) in [6.07, 6.45) is 1.80. The van der Waals surface area contributed by atoms with Gasteiger partial charge in [-0.15, -0.1) is 0 Å². The highest BCUT2D eigenvalue weighted by Gasteiger charge is 2.19. The van der Waals surface area contributed by atoms with E-state index in [-0.39, 0.29) is 18.9 Å². The standard InChI is InChI=1S/C14H21NO4S/c1-11-7-8-12(2)13(10-11)15(20(4,17)18)9-5-6-14(16)19-3/h7-8,10H,5-6,9H2,1-4H3. The van der Waals surface area contributed by atoms with Gasteiger partial charge >= 0.3 is 5.97 Å². The van der Waals surface area contributed by atoms with Crippen molar-refractivity contribution >= 4 is 21.7 Å². The van der Waals surface area contributed by atoms with Crippen molar-refractivity contribution in [1.29, 1.82) is 0 Å². The maximum absolute atomic E-state index is 12.0. The Labute approximate surface area is 120 Å². The third kappa shape index (κ3) is 4.52. The number of sulfonamides is 1. The van der Waals surface area contributed by atoms with Gasteiger partial charge < -0.3 is 4.74 Å². The molecule has 0 aliphatic heterocycles. The van der Waals surface area contributed by atoms with Crippen LogP contribution in [0, 0.1) is 13.8 Å². The number of carbonyl (C=O) groups excluding carboxylic acids is 1. The zero-order valence-electron chi connectivity index (χ0n) is 12.3. The first-order valence-corrected chi connectivity index (χ1v) is 8.22. The fourth-order valence-electron chi connectivity index (χ4n) is 1.92. The number of rotatable bonds is 6. The summed E-state index contributed by atoms with van der Waals surface area (Å²) in [6, 6.07) is 5.67. The number of carbonyl (C=O) groups is 1. The monoisotopic (exact) mass is 299 g/mol. The average Bonchev–Trinajstić information content (AvgIpc) is 2.36. The molecule has 0 saturated heterocycles. The molecule has 0 amide bonds. The van der Waals surface area contributed by atoms with Gasteiger partial charge in [0.05, 0.1) is 19.1 Å². The maximum atomic E-state index is 12.0. The molecule has 0 aliphatic carbocycles. The third-order valence-corrected chi connectivity index (χ3v) is 4.18. The van der Waals surface area contributed by atoms with Gasteiger partial charge in [-0.3, -0.25) is 9.10 Å². The second-order valence-electron chi connectivity index (χ2n) is 4.80. The fraction of sp³-hybridized carbons (Fsp3) is 0.500. The van der Waals surface area contributed by atoms with Gasteiger partial charge in [0.2, 0.25) is 10.0 Å². The van der Waals surface area contributed by atoms with E-state index in [0.29, 0.717) is 12.1 Å². The number of benzene rings is 1. The average molecular weight is 299 g/mol. The minimum Gasteiger partial charge on any atom is -0.469 e. The molecule has 0 spiro atoms. The van der Waals surface area contributed by atoms with Crippen LogP contribution in [0.2, 0.25) is 0 Å². The molecule has 5 nitrogen and oxygen atoms in total. The van der Waals surface area contributed by atoms with Crippen molar-refractivity contribution in [2.75, 3.05) is 24.2 Å². The van der Waals surface area contributed by atoms with Crippen molar-refractivity contribution in [3.05, 3.63) is 29.3 Å². The predicted molar refractivity (Wildman–Crippen MR) is 79.4 cm³/mol. The molecule has 0 atom stereocenters. The Morgan fingerprint density at radius 3 is 2.50 bits per heavy atom. The zero-order chi connectivity index (χ0) is 15.3. The maximum Gasteiger partial charge on any atom is 0.305 e. The lowest BCUT2D eigenvalue weighted by Gasteiger charge is -2.24. The molecule has 0 bridgehead atoms. The van der Waals surface area contributed by atoms with Crippen LogP contribution >= 0.6 is 0 Å². The highest BCUT2D eigenvalue weighted by atomic mass is 32.2. The van der Waals surface area contributed by atoms with Gasteiger partial charge in [-0.05, 0) is 37.5 Å². The van der Waals surface area contributed by atoms with Crippen molar-refractivity contribution in [1.82, 2.24) is 0 Å². The SMILES string of the molecule is COC(=O)CCCN(c1cc(C)ccc1C)S(C)(=O)=O. The molecule has 0 radical (unpaired) electrons. The molecule has 1 aromatic rings. The molecule has 0 N–H and O–H groups in total. The van der Waals surface area contributed by atoms with Crippen molar-refractivity contribution in [3.8, 4) is 0 Å². The van der Waals surface area contributed by atoms with Gasteiger partial charge in [-0.25, -0.2) is 8.42 Å². The smallest absolute Gasteiger partial charge is 0.305 e. The molecule has 0 fully saturated rings. The van der Waals surface area contributed by atoms with E-state index in [0.717, 1.165) is 11.1 Å². The molecule has 20 heavy (non-hydrogen) atoms. The van der Waals surface area contributed by atoms with E-state index in [1.54, 1.807) is 0 Å². The minimum absolute atomic E-state index is 0.202. The van der Waals surface area contributed by atoms with E-state index < -0.39 is 10.0 Å². The molecule has 0 heterocycles. The zero-order valence-corrected chi connectivity index (χ0v) is 13.2. The normalized spacial score (nSPS) is 11.2. The van der Waals surface area contributed by atoms with Gasteiger partial charge in [-0.1, -0.05) is 12.1 Å². The van der Waals surface area contributed by atoms with Crippen LogP contribution in [0.1, 0.15) is 24.0 Å². The highest BCUT2D eigenvalue weighted by Crippen LogP contribution is 2.24. The molecule has 112 valence electrons. The number of anilines is 1. The van der Waals surface area contributed by atoms with Crippen LogP contribution in [0.5, 0.6) is 0 Å². The second-order valence-corrected chi connectivity index (χ2v) is 6.71. The van der Waals surface area contributed by atoms with E-state index in [2.05, 4.69) is 4.74 Å². The van der Waals surface area contributed by atoms with Crippen LogP contribution in [0.4, 0.5) is 5.69 Å². The first-order valence-electron chi connectivity index (χ1n) is 6.37. The van der Waals surface area contributed by atoms with Crippen molar-refractivity contribution in [3.63, 3.8) is 0 Å². The summed E-state index contributed by atoms with van der Waals surface area (Å²) in [5.41, 5.74) is 2.55. The van der Waals surface area contributed by atoms with Crippen molar-refractivity contribution < 1.29 is 17.9 Å². The quantitative estimate of drug-likeness (QED) is 0.754. The largest absolute Gasteiger partial charge is 0.469 e. The fourth-order valence-corrected chi connectivity index (χ4v) is 2.94. The molecule has 1 aromatic carbocycles. The first-order chi connectivity index (χ1) is 9.25. The molecule has 0 saturated carbocycles. The first kappa shape index (κ1) is 16.5. The molecule has 1 rings (SSSR count). The lowest BCUT2D eigenvalue weighted by Crippen LogP contribution is -2.31. The highest BCUT2D eigenvalue weighted by molar-refractivity contribution is 7.92. The van der Waals surface area contributed by atoms with Crippen LogP contribution in [0.3, 0.4) is 0 Å². The molecule has 6 heteroatoms. The van der Waals surface area contributed by atoms with Crippen molar-refractivity contribution in [2.24, 2.45) is 0 Å². The predicted octanol–water partition coefficient (Wildman–Crippen LogP) is 2.02. The van der Waals surface area contributed by atoms with E-state index >= 15 is 0 Å². The number of ether oxygens (including phenoxy) is 1. The van der Waals surface area contributed by atoms with Crippen LogP contribution in [-0.2, 0) is 19.6 Å². The molecular weight excluding hydrogens is 278 g/mol. The Morgan fingerprint density at radius 2 is 1.95 bits per heavy atom. The lowest BCUT2D eigenvalue weighted by atomic mass is 10.1. The number of methoxy groups -OCH3 is 1. The Hall–Kier alpha value is -1.56. The Morgan fingerprint density at radius 1 is 1.30 bits per heavy atom. The number of aryl methyl sites for hydroxylation is 2. The van der Waals surface area contributed by atoms with E-state index in [1.165, 1.54) is 17.7 Å². The van der Waals surface area contributed by atoms with Gasteiger partial charge in [0.15, 0.2) is 0 Å². The minimum atomic E-state index is -3.38. The van der Waals surface area contributed by atoms with Crippen LogP contribution in [0.25, 0.3) is 0 Å². The Bertz CT molecular complexity index is 581. The topological polar surface area (TPSA) is 63.7 Å². The summed E-state index contributed by atoms with van der Waals surface area (Å²) in [6.45, 7) is 4.04. The van der Waals surface area contributed by atoms with Crippen LogP contribution in [-0.4, -0.2) is 34.3 Å². The molecule has 0 unspecified atom stereocenters. The van der Waals surface area contributed by atoms with E-state index in [9.17, 15) is 13.2 Å². The summed E-state index contributed by atoms with van der Waals surface area (Å²) >= 11 is 0. The summed E-state index contributed by atoms with van der Waals surface area (Å²) in [5.74, 6) is -0.334. The molecule has 0 aromatic heterocycles. The van der Waals surface area contributed by atoms with Crippen LogP contribution < -0.4 is 4.31 Å². The summed E-state index contributed by atoms with van der Waals surface area (Å²) in [4.78, 5) is 11.1. The van der Waals surface area contributed by atoms with Crippen molar-refractivity contribution in [2.45, 2.75) is 26.7 Å². The number of hydrogen-bond donors (Lipinski definition) is 0. The number of esters is 1. The Balaban J connectivity index is 2.96. The second kappa shape index (κ2) is 6.74. The Kier molecular flexibility index (Phi) is 5.56. The van der Waals surface area contributed by atoms with Gasteiger partial charge in [0, 0.05) is 13.0 Å².